The molecule has 0 amide bonds. The molecule has 0 heterocycles. The highest BCUT2D eigenvalue weighted by Crippen LogP contribution is 2.29. The molecule has 78 valence electrons. The molecule has 0 aromatic carbocycles. The molecule has 13 heavy (non-hydrogen) atoms. The predicted molar refractivity (Wildman–Crippen MR) is 60.3 cm³/mol. The maximum Gasteiger partial charge on any atom is 0.0556 e. The van der Waals surface area contributed by atoms with Gasteiger partial charge in [0.05, 0.1) is 6.61 Å². The third kappa shape index (κ3) is 4.37. The summed E-state index contributed by atoms with van der Waals surface area (Å²) >= 11 is 1.86. The van der Waals surface area contributed by atoms with Crippen molar-refractivity contribution in [3.63, 3.8) is 0 Å². The van der Waals surface area contributed by atoms with E-state index in [1.165, 1.54) is 25.7 Å². The molecule has 2 atom stereocenters. The normalized spacial score (nSPS) is 29.1. The molecule has 0 spiro atoms. The van der Waals surface area contributed by atoms with Crippen LogP contribution in [-0.4, -0.2) is 25.2 Å². The van der Waals surface area contributed by atoms with Gasteiger partial charge in [0, 0.05) is 12.4 Å². The molecular formula is C11H22OS. The summed E-state index contributed by atoms with van der Waals surface area (Å²) in [4.78, 5) is 0. The molecule has 0 saturated heterocycles. The van der Waals surface area contributed by atoms with Crippen LogP contribution < -0.4 is 0 Å². The van der Waals surface area contributed by atoms with E-state index in [0.717, 1.165) is 30.8 Å². The van der Waals surface area contributed by atoms with Gasteiger partial charge in [0.2, 0.25) is 0 Å². The molecule has 0 N–H and O–H groups in total. The lowest BCUT2D eigenvalue weighted by Crippen LogP contribution is -2.22. The predicted octanol–water partition coefficient (Wildman–Crippen LogP) is 3.19. The Hall–Kier alpha value is 0.310. The Morgan fingerprint density at radius 2 is 2.08 bits per heavy atom. The van der Waals surface area contributed by atoms with Crippen LogP contribution in [0.15, 0.2) is 0 Å². The van der Waals surface area contributed by atoms with E-state index in [1.54, 1.807) is 0 Å². The van der Waals surface area contributed by atoms with Gasteiger partial charge in [-0.25, -0.2) is 0 Å². The standard InChI is InChI=1S/C11H22OS/c1-10-5-3-4-6-11(10)9-12-7-8-13-2/h10-11H,3-9H2,1-2H3. The van der Waals surface area contributed by atoms with Crippen LogP contribution in [-0.2, 0) is 4.74 Å². The topological polar surface area (TPSA) is 9.23 Å². The van der Waals surface area contributed by atoms with Crippen LogP contribution in [0.25, 0.3) is 0 Å². The maximum atomic E-state index is 5.66. The zero-order valence-electron chi connectivity index (χ0n) is 8.92. The minimum atomic E-state index is 0.843. The van der Waals surface area contributed by atoms with Gasteiger partial charge in [-0.05, 0) is 24.5 Å². The van der Waals surface area contributed by atoms with Gasteiger partial charge in [0.25, 0.3) is 0 Å². The van der Waals surface area contributed by atoms with E-state index in [1.807, 2.05) is 11.8 Å². The molecule has 0 aliphatic heterocycles. The summed E-state index contributed by atoms with van der Waals surface area (Å²) in [6, 6.07) is 0. The molecule has 2 unspecified atom stereocenters. The van der Waals surface area contributed by atoms with Gasteiger partial charge < -0.3 is 4.74 Å². The number of hydrogen-bond donors (Lipinski definition) is 0. The summed E-state index contributed by atoms with van der Waals surface area (Å²) in [5.74, 6) is 2.87. The van der Waals surface area contributed by atoms with Crippen LogP contribution in [0.3, 0.4) is 0 Å². The van der Waals surface area contributed by atoms with Crippen molar-refractivity contribution in [1.82, 2.24) is 0 Å². The molecule has 0 radical (unpaired) electrons. The van der Waals surface area contributed by atoms with Crippen molar-refractivity contribution in [2.24, 2.45) is 11.8 Å². The van der Waals surface area contributed by atoms with E-state index >= 15 is 0 Å². The monoisotopic (exact) mass is 202 g/mol. The van der Waals surface area contributed by atoms with Crippen LogP contribution >= 0.6 is 11.8 Å². The van der Waals surface area contributed by atoms with Gasteiger partial charge in [0.15, 0.2) is 0 Å². The fraction of sp³-hybridized carbons (Fsp3) is 1.00. The number of thioether (sulfide) groups is 1. The van der Waals surface area contributed by atoms with Crippen LogP contribution in [0, 0.1) is 11.8 Å². The van der Waals surface area contributed by atoms with Crippen molar-refractivity contribution in [2.75, 3.05) is 25.2 Å². The minimum Gasteiger partial charge on any atom is -0.380 e. The van der Waals surface area contributed by atoms with Crippen molar-refractivity contribution in [2.45, 2.75) is 32.6 Å². The number of hydrogen-bond acceptors (Lipinski definition) is 2. The first-order chi connectivity index (χ1) is 6.34. The van der Waals surface area contributed by atoms with Crippen molar-refractivity contribution in [1.29, 1.82) is 0 Å². The molecule has 1 saturated carbocycles. The molecule has 1 fully saturated rings. The van der Waals surface area contributed by atoms with Gasteiger partial charge in [-0.3, -0.25) is 0 Å². The third-order valence-corrected chi connectivity index (χ3v) is 3.63. The summed E-state index contributed by atoms with van der Waals surface area (Å²) < 4.78 is 5.66. The van der Waals surface area contributed by atoms with Crippen molar-refractivity contribution >= 4 is 11.8 Å². The second-order valence-electron chi connectivity index (χ2n) is 4.09. The van der Waals surface area contributed by atoms with Gasteiger partial charge in [0.1, 0.15) is 0 Å². The van der Waals surface area contributed by atoms with Crippen molar-refractivity contribution in [3.05, 3.63) is 0 Å². The lowest BCUT2D eigenvalue weighted by molar-refractivity contribution is 0.0729. The summed E-state index contributed by atoms with van der Waals surface area (Å²) in [7, 11) is 0. The van der Waals surface area contributed by atoms with E-state index in [9.17, 15) is 0 Å². The highest BCUT2D eigenvalue weighted by molar-refractivity contribution is 7.98. The molecule has 1 aliphatic rings. The molecule has 0 aromatic heterocycles. The zero-order chi connectivity index (χ0) is 9.52. The Kier molecular flexibility index (Phi) is 5.88. The number of ether oxygens (including phenoxy) is 1. The van der Waals surface area contributed by atoms with Crippen LogP contribution in [0.5, 0.6) is 0 Å². The Bertz CT molecular complexity index is 127. The van der Waals surface area contributed by atoms with Crippen molar-refractivity contribution in [3.8, 4) is 0 Å². The maximum absolute atomic E-state index is 5.66. The summed E-state index contributed by atoms with van der Waals surface area (Å²) in [6.45, 7) is 4.31. The first-order valence-corrected chi connectivity index (χ1v) is 6.80. The van der Waals surface area contributed by atoms with E-state index in [0.29, 0.717) is 0 Å². The molecular weight excluding hydrogens is 180 g/mol. The Balaban J connectivity index is 2.05. The van der Waals surface area contributed by atoms with E-state index in [-0.39, 0.29) is 0 Å². The highest BCUT2D eigenvalue weighted by atomic mass is 32.2. The SMILES string of the molecule is CSCCOCC1CCCCC1C. The van der Waals surface area contributed by atoms with Crippen LogP contribution in [0.4, 0.5) is 0 Å². The highest BCUT2D eigenvalue weighted by Gasteiger charge is 2.20. The third-order valence-electron chi connectivity index (χ3n) is 3.05. The Morgan fingerprint density at radius 3 is 2.77 bits per heavy atom. The van der Waals surface area contributed by atoms with E-state index in [2.05, 4.69) is 13.2 Å². The van der Waals surface area contributed by atoms with Crippen LogP contribution in [0.1, 0.15) is 32.6 Å². The fourth-order valence-electron chi connectivity index (χ4n) is 2.02. The number of rotatable bonds is 5. The average Bonchev–Trinajstić information content (AvgIpc) is 2.15. The zero-order valence-corrected chi connectivity index (χ0v) is 9.74. The lowest BCUT2D eigenvalue weighted by Gasteiger charge is -2.28. The van der Waals surface area contributed by atoms with E-state index < -0.39 is 0 Å². The summed E-state index contributed by atoms with van der Waals surface area (Å²) in [5.41, 5.74) is 0. The molecule has 0 bridgehead atoms. The summed E-state index contributed by atoms with van der Waals surface area (Å²) in [5, 5.41) is 0. The van der Waals surface area contributed by atoms with Crippen LogP contribution in [0.2, 0.25) is 0 Å². The van der Waals surface area contributed by atoms with Gasteiger partial charge >= 0.3 is 0 Å². The Labute approximate surface area is 86.6 Å². The van der Waals surface area contributed by atoms with E-state index in [4.69, 9.17) is 4.74 Å². The Morgan fingerprint density at radius 1 is 1.31 bits per heavy atom. The van der Waals surface area contributed by atoms with Crippen molar-refractivity contribution < 1.29 is 4.74 Å². The van der Waals surface area contributed by atoms with Gasteiger partial charge in [-0.15, -0.1) is 0 Å². The minimum absolute atomic E-state index is 0.843. The largest absolute Gasteiger partial charge is 0.380 e. The molecule has 0 aromatic rings. The average molecular weight is 202 g/mol. The summed E-state index contributed by atoms with van der Waals surface area (Å²) in [6.07, 6.45) is 7.78. The molecule has 2 heteroatoms. The molecule has 1 aliphatic carbocycles. The smallest absolute Gasteiger partial charge is 0.0556 e. The quantitative estimate of drug-likeness (QED) is 0.633. The molecule has 1 rings (SSSR count). The lowest BCUT2D eigenvalue weighted by atomic mass is 9.81. The first-order valence-electron chi connectivity index (χ1n) is 5.41. The first kappa shape index (κ1) is 11.4. The second kappa shape index (κ2) is 6.72. The molecule has 1 nitrogen and oxygen atoms in total. The second-order valence-corrected chi connectivity index (χ2v) is 5.08. The fourth-order valence-corrected chi connectivity index (χ4v) is 2.30. The van der Waals surface area contributed by atoms with Gasteiger partial charge in [-0.1, -0.05) is 26.2 Å². The van der Waals surface area contributed by atoms with Gasteiger partial charge in [-0.2, -0.15) is 11.8 Å².